The number of hydrogen-bond donors (Lipinski definition) is 2. The lowest BCUT2D eigenvalue weighted by Gasteiger charge is -2.16. The molecule has 0 heterocycles. The monoisotopic (exact) mass is 268 g/mol. The summed E-state index contributed by atoms with van der Waals surface area (Å²) in [5, 5.41) is 1.42. The first-order valence-corrected chi connectivity index (χ1v) is 9.89. The molecule has 0 radical (unpaired) electrons. The second-order valence-corrected chi connectivity index (χ2v) is 8.87. The first kappa shape index (κ1) is 14.6. The minimum atomic E-state index is -1.21. The molecule has 1 aromatic rings. The Morgan fingerprint density at radius 2 is 1.76 bits per heavy atom. The number of rotatable bonds is 9. The Morgan fingerprint density at radius 1 is 1.06 bits per heavy atom. The quantitative estimate of drug-likeness (QED) is 0.483. The van der Waals surface area contributed by atoms with Crippen molar-refractivity contribution in [2.24, 2.45) is 11.5 Å². The molecule has 1 rings (SSSR count). The molecule has 1 unspecified atom stereocenters. The highest BCUT2D eigenvalue weighted by atomic mass is 28.3. The molecule has 1 atom stereocenters. The van der Waals surface area contributed by atoms with Crippen molar-refractivity contribution in [1.29, 1.82) is 0 Å². The van der Waals surface area contributed by atoms with Crippen molar-refractivity contribution >= 4 is 24.0 Å². The summed E-state index contributed by atoms with van der Waals surface area (Å²) in [4.78, 5) is 0. The lowest BCUT2D eigenvalue weighted by molar-refractivity contribution is 0.608. The van der Waals surface area contributed by atoms with Gasteiger partial charge in [-0.1, -0.05) is 30.3 Å². The van der Waals surface area contributed by atoms with E-state index in [1.165, 1.54) is 11.2 Å². The van der Waals surface area contributed by atoms with Gasteiger partial charge in [0.15, 0.2) is 9.04 Å². The van der Waals surface area contributed by atoms with Crippen molar-refractivity contribution < 1.29 is 4.12 Å². The highest BCUT2D eigenvalue weighted by molar-refractivity contribution is 6.71. The Kier molecular flexibility index (Phi) is 8.20. The zero-order valence-electron chi connectivity index (χ0n) is 10.5. The standard InChI is InChI=1S/C12H24N2OSi2/c13-8-4-10-16-15-17(11-5-9-14)12-6-2-1-3-7-12/h1-3,6-7,17H,4-5,8-11,13-14,16H2. The van der Waals surface area contributed by atoms with Crippen LogP contribution in [-0.2, 0) is 4.12 Å². The molecule has 0 aliphatic carbocycles. The maximum absolute atomic E-state index is 6.20. The van der Waals surface area contributed by atoms with E-state index in [2.05, 4.69) is 30.3 Å². The van der Waals surface area contributed by atoms with Gasteiger partial charge in [0.05, 0.1) is 0 Å². The zero-order valence-corrected chi connectivity index (χ0v) is 13.0. The first-order valence-electron chi connectivity index (χ1n) is 6.45. The van der Waals surface area contributed by atoms with E-state index in [1.54, 1.807) is 0 Å². The van der Waals surface area contributed by atoms with Crippen molar-refractivity contribution in [3.63, 3.8) is 0 Å². The van der Waals surface area contributed by atoms with Crippen molar-refractivity contribution in [3.05, 3.63) is 30.3 Å². The summed E-state index contributed by atoms with van der Waals surface area (Å²) in [6.45, 7) is 1.56. The molecule has 0 fully saturated rings. The molecule has 0 aromatic heterocycles. The van der Waals surface area contributed by atoms with Gasteiger partial charge in [-0.2, -0.15) is 0 Å². The Morgan fingerprint density at radius 3 is 2.41 bits per heavy atom. The molecule has 4 N–H and O–H groups in total. The zero-order chi connectivity index (χ0) is 12.3. The fourth-order valence-electron chi connectivity index (χ4n) is 1.79. The average molecular weight is 269 g/mol. The molecule has 96 valence electrons. The minimum absolute atomic E-state index is 0.378. The maximum Gasteiger partial charge on any atom is 0.195 e. The molecular formula is C12H24N2OSi2. The van der Waals surface area contributed by atoms with Gasteiger partial charge >= 0.3 is 0 Å². The minimum Gasteiger partial charge on any atom is -0.459 e. The van der Waals surface area contributed by atoms with E-state index in [-0.39, 0.29) is 9.76 Å². The Hall–Kier alpha value is -0.466. The van der Waals surface area contributed by atoms with Crippen LogP contribution in [0.4, 0.5) is 0 Å². The summed E-state index contributed by atoms with van der Waals surface area (Å²) in [6.07, 6.45) is 2.19. The molecule has 5 heteroatoms. The van der Waals surface area contributed by atoms with Crippen molar-refractivity contribution in [1.82, 2.24) is 0 Å². The van der Waals surface area contributed by atoms with Gasteiger partial charge in [-0.15, -0.1) is 0 Å². The van der Waals surface area contributed by atoms with Crippen molar-refractivity contribution in [3.8, 4) is 0 Å². The van der Waals surface area contributed by atoms with Gasteiger partial charge in [-0.05, 0) is 43.2 Å². The molecule has 0 aliphatic rings. The molecule has 17 heavy (non-hydrogen) atoms. The van der Waals surface area contributed by atoms with E-state index in [0.29, 0.717) is 0 Å². The van der Waals surface area contributed by atoms with Crippen molar-refractivity contribution in [2.75, 3.05) is 13.1 Å². The molecule has 0 saturated heterocycles. The van der Waals surface area contributed by atoms with Crippen LogP contribution in [-0.4, -0.2) is 31.9 Å². The number of hydrogen-bond acceptors (Lipinski definition) is 3. The van der Waals surface area contributed by atoms with Crippen LogP contribution in [0.5, 0.6) is 0 Å². The van der Waals surface area contributed by atoms with E-state index < -0.39 is 9.04 Å². The Labute approximate surface area is 108 Å². The van der Waals surface area contributed by atoms with Gasteiger partial charge < -0.3 is 15.6 Å². The van der Waals surface area contributed by atoms with Crippen LogP contribution in [0.15, 0.2) is 30.3 Å². The fourth-order valence-corrected chi connectivity index (χ4v) is 7.11. The number of nitrogens with two attached hydrogens (primary N) is 2. The molecule has 0 bridgehead atoms. The first-order chi connectivity index (χ1) is 8.38. The lowest BCUT2D eigenvalue weighted by Crippen LogP contribution is -2.35. The highest BCUT2D eigenvalue weighted by Gasteiger charge is 2.13. The highest BCUT2D eigenvalue weighted by Crippen LogP contribution is 2.01. The summed E-state index contributed by atoms with van der Waals surface area (Å²) in [5.74, 6) is 0. The Balaban J connectivity index is 2.43. The van der Waals surface area contributed by atoms with Crippen LogP contribution in [0, 0.1) is 0 Å². The second kappa shape index (κ2) is 9.55. The molecular weight excluding hydrogens is 244 g/mol. The third kappa shape index (κ3) is 6.14. The van der Waals surface area contributed by atoms with Crippen LogP contribution in [0.2, 0.25) is 12.1 Å². The molecule has 3 nitrogen and oxygen atoms in total. The third-order valence-electron chi connectivity index (χ3n) is 2.76. The van der Waals surface area contributed by atoms with Gasteiger partial charge in [0.2, 0.25) is 0 Å². The average Bonchev–Trinajstić information content (AvgIpc) is 2.39. The second-order valence-electron chi connectivity index (χ2n) is 4.20. The van der Waals surface area contributed by atoms with Crippen LogP contribution in [0.25, 0.3) is 0 Å². The molecule has 0 amide bonds. The van der Waals surface area contributed by atoms with E-state index in [0.717, 1.165) is 32.0 Å². The number of benzene rings is 1. The Bertz CT molecular complexity index is 285. The lowest BCUT2D eigenvalue weighted by atomic mass is 10.4. The smallest absolute Gasteiger partial charge is 0.195 e. The maximum atomic E-state index is 6.20. The van der Waals surface area contributed by atoms with Gasteiger partial charge in [-0.3, -0.25) is 0 Å². The van der Waals surface area contributed by atoms with Crippen molar-refractivity contribution in [2.45, 2.75) is 24.9 Å². The van der Waals surface area contributed by atoms with E-state index >= 15 is 0 Å². The molecule has 0 saturated carbocycles. The van der Waals surface area contributed by atoms with Gasteiger partial charge in [0.1, 0.15) is 9.76 Å². The molecule has 0 spiro atoms. The van der Waals surface area contributed by atoms with E-state index in [9.17, 15) is 0 Å². The third-order valence-corrected chi connectivity index (χ3v) is 8.16. The summed E-state index contributed by atoms with van der Waals surface area (Å²) < 4.78 is 6.20. The summed E-state index contributed by atoms with van der Waals surface area (Å²) >= 11 is 0. The normalized spacial score (nSPS) is 13.3. The summed E-state index contributed by atoms with van der Waals surface area (Å²) in [5.41, 5.74) is 11.1. The topological polar surface area (TPSA) is 61.3 Å². The predicted molar refractivity (Wildman–Crippen MR) is 79.8 cm³/mol. The van der Waals surface area contributed by atoms with E-state index in [1.807, 2.05) is 0 Å². The van der Waals surface area contributed by atoms with Gasteiger partial charge in [-0.25, -0.2) is 0 Å². The van der Waals surface area contributed by atoms with Crippen LogP contribution < -0.4 is 16.7 Å². The predicted octanol–water partition coefficient (Wildman–Crippen LogP) is -0.166. The van der Waals surface area contributed by atoms with Gasteiger partial charge in [0, 0.05) is 0 Å². The van der Waals surface area contributed by atoms with E-state index in [4.69, 9.17) is 15.6 Å². The largest absolute Gasteiger partial charge is 0.459 e. The van der Waals surface area contributed by atoms with Crippen LogP contribution in [0.3, 0.4) is 0 Å². The molecule has 1 aromatic carbocycles. The van der Waals surface area contributed by atoms with Gasteiger partial charge in [0.25, 0.3) is 0 Å². The SMILES string of the molecule is NCCC[SiH2]O[SiH](CCCN)c1ccccc1. The van der Waals surface area contributed by atoms with Crippen LogP contribution >= 0.6 is 0 Å². The molecule has 0 aliphatic heterocycles. The van der Waals surface area contributed by atoms with Crippen LogP contribution in [0.1, 0.15) is 12.8 Å². The summed E-state index contributed by atoms with van der Waals surface area (Å²) in [6, 6.07) is 13.0. The fraction of sp³-hybridized carbons (Fsp3) is 0.500. The summed E-state index contributed by atoms with van der Waals surface area (Å²) in [7, 11) is -1.59.